The molecule has 0 saturated heterocycles. The van der Waals surface area contributed by atoms with Gasteiger partial charge in [0.2, 0.25) is 0 Å². The van der Waals surface area contributed by atoms with Crippen LogP contribution in [0.15, 0.2) is 12.5 Å². The smallest absolute Gasteiger partial charge is 0.356 e. The summed E-state index contributed by atoms with van der Waals surface area (Å²) in [6.45, 7) is 5.99. The largest absolute Gasteiger partial charge is 0.365 e. The zero-order valence-electron chi connectivity index (χ0n) is 12.9. The number of nitrogens with zero attached hydrogens (tertiary/aromatic N) is 5. The third-order valence-corrected chi connectivity index (χ3v) is 4.56. The highest BCUT2D eigenvalue weighted by Crippen LogP contribution is 2.48. The monoisotopic (exact) mass is 329 g/mol. The quantitative estimate of drug-likeness (QED) is 0.641. The van der Waals surface area contributed by atoms with Gasteiger partial charge in [0.1, 0.15) is 12.7 Å². The van der Waals surface area contributed by atoms with Gasteiger partial charge in [-0.2, -0.15) is 9.61 Å². The van der Waals surface area contributed by atoms with Crippen molar-refractivity contribution in [1.82, 2.24) is 24.8 Å². The summed E-state index contributed by atoms with van der Waals surface area (Å²) < 4.78 is 29.9. The lowest BCUT2D eigenvalue weighted by Gasteiger charge is -2.19. The highest BCUT2D eigenvalue weighted by molar-refractivity contribution is 7.53. The van der Waals surface area contributed by atoms with E-state index in [4.69, 9.17) is 13.8 Å². The molecule has 0 aromatic carbocycles. The highest BCUT2D eigenvalue weighted by Gasteiger charge is 2.25. The van der Waals surface area contributed by atoms with Crippen molar-refractivity contribution in [1.29, 1.82) is 0 Å². The number of fused-ring (bicyclic) bond motifs is 1. The summed E-state index contributed by atoms with van der Waals surface area (Å²) in [4.78, 5) is 3.88. The Hall–Kier alpha value is -1.41. The summed E-state index contributed by atoms with van der Waals surface area (Å²) in [7, 11) is -3.20. The van der Waals surface area contributed by atoms with Crippen LogP contribution in [0.4, 0.5) is 0 Å². The maximum absolute atomic E-state index is 12.3. The second-order valence-corrected chi connectivity index (χ2v) is 6.55. The van der Waals surface area contributed by atoms with E-state index < -0.39 is 7.60 Å². The average Bonchev–Trinajstić information content (AvgIpc) is 2.89. The SMILES string of the molecule is CCOP(=O)(CO[C@H](C)Cc1nnc2cncnn12)OCC. The summed E-state index contributed by atoms with van der Waals surface area (Å²) in [5, 5.41) is 12.1. The Morgan fingerprint density at radius 2 is 2.00 bits per heavy atom. The molecule has 0 amide bonds. The van der Waals surface area contributed by atoms with Crippen molar-refractivity contribution < 1.29 is 18.3 Å². The first-order chi connectivity index (χ1) is 10.6. The third-order valence-electron chi connectivity index (χ3n) is 2.79. The second-order valence-electron chi connectivity index (χ2n) is 4.55. The molecule has 0 aliphatic rings. The van der Waals surface area contributed by atoms with Crippen molar-refractivity contribution in [2.45, 2.75) is 33.3 Å². The molecule has 0 aliphatic heterocycles. The first kappa shape index (κ1) is 17.0. The summed E-state index contributed by atoms with van der Waals surface area (Å²) in [5.74, 6) is 0.646. The van der Waals surface area contributed by atoms with Gasteiger partial charge in [0, 0.05) is 6.42 Å². The lowest BCUT2D eigenvalue weighted by molar-refractivity contribution is 0.0763. The number of ether oxygens (including phenoxy) is 1. The van der Waals surface area contributed by atoms with Gasteiger partial charge in [0.15, 0.2) is 11.5 Å². The van der Waals surface area contributed by atoms with E-state index in [1.165, 1.54) is 6.33 Å². The summed E-state index contributed by atoms with van der Waals surface area (Å²) >= 11 is 0. The van der Waals surface area contributed by atoms with E-state index in [-0.39, 0.29) is 12.5 Å². The van der Waals surface area contributed by atoms with Crippen molar-refractivity contribution in [2.24, 2.45) is 0 Å². The van der Waals surface area contributed by atoms with Gasteiger partial charge in [0.05, 0.1) is 25.5 Å². The minimum atomic E-state index is -3.20. The molecule has 0 N–H and O–H groups in total. The van der Waals surface area contributed by atoms with Crippen LogP contribution in [0.25, 0.3) is 5.65 Å². The lowest BCUT2D eigenvalue weighted by Crippen LogP contribution is -2.16. The van der Waals surface area contributed by atoms with Crippen LogP contribution in [0, 0.1) is 0 Å². The molecule has 1 atom stereocenters. The van der Waals surface area contributed by atoms with Crippen molar-refractivity contribution in [3.05, 3.63) is 18.3 Å². The molecule has 0 saturated carbocycles. The molecule has 2 aromatic rings. The first-order valence-corrected chi connectivity index (χ1v) is 8.80. The fraction of sp³-hybridized carbons (Fsp3) is 0.667. The first-order valence-electron chi connectivity index (χ1n) is 7.08. The molecule has 0 fully saturated rings. The fourth-order valence-electron chi connectivity index (χ4n) is 1.88. The average molecular weight is 329 g/mol. The predicted octanol–water partition coefficient (Wildman–Crippen LogP) is 1.69. The Morgan fingerprint density at radius 3 is 2.68 bits per heavy atom. The van der Waals surface area contributed by atoms with Crippen LogP contribution in [-0.4, -0.2) is 50.5 Å². The van der Waals surface area contributed by atoms with Gasteiger partial charge >= 0.3 is 7.60 Å². The third kappa shape index (κ3) is 4.30. The molecule has 2 rings (SSSR count). The van der Waals surface area contributed by atoms with Gasteiger partial charge in [-0.3, -0.25) is 4.57 Å². The Bertz CT molecular complexity index is 639. The summed E-state index contributed by atoms with van der Waals surface area (Å²) in [5.41, 5.74) is 0.569. The van der Waals surface area contributed by atoms with Gasteiger partial charge < -0.3 is 13.8 Å². The number of aromatic nitrogens is 5. The van der Waals surface area contributed by atoms with Crippen LogP contribution in [0.2, 0.25) is 0 Å². The number of hydrogen-bond donors (Lipinski definition) is 0. The molecule has 2 aromatic heterocycles. The molecule has 0 unspecified atom stereocenters. The maximum Gasteiger partial charge on any atom is 0.356 e. The van der Waals surface area contributed by atoms with Crippen molar-refractivity contribution in [3.63, 3.8) is 0 Å². The highest BCUT2D eigenvalue weighted by atomic mass is 31.2. The summed E-state index contributed by atoms with van der Waals surface area (Å²) in [6.07, 6.45) is 3.13. The summed E-state index contributed by atoms with van der Waals surface area (Å²) in [6, 6.07) is 0. The Kier molecular flexibility index (Phi) is 5.96. The van der Waals surface area contributed by atoms with Crippen LogP contribution in [0.5, 0.6) is 0 Å². The van der Waals surface area contributed by atoms with Crippen LogP contribution in [-0.2, 0) is 24.8 Å². The molecular formula is C12H20N5O4P. The molecule has 0 bridgehead atoms. The van der Waals surface area contributed by atoms with Crippen LogP contribution in [0.1, 0.15) is 26.6 Å². The standard InChI is InChI=1S/C12H20N5O4P/c1-4-20-22(18,21-5-2)9-19-10(3)6-11-15-16-12-7-13-8-14-17(11)12/h7-8,10H,4-6,9H2,1-3H3/t10-/m1/s1. The number of hydrogen-bond acceptors (Lipinski definition) is 8. The molecule has 2 heterocycles. The minimum absolute atomic E-state index is 0.0957. The topological polar surface area (TPSA) is 101 Å². The van der Waals surface area contributed by atoms with Crippen molar-refractivity contribution in [3.8, 4) is 0 Å². The van der Waals surface area contributed by atoms with Gasteiger partial charge in [-0.1, -0.05) is 0 Å². The minimum Gasteiger partial charge on any atom is -0.365 e. The normalized spacial score (nSPS) is 13.6. The van der Waals surface area contributed by atoms with E-state index in [9.17, 15) is 4.57 Å². The molecule has 0 spiro atoms. The van der Waals surface area contributed by atoms with E-state index >= 15 is 0 Å². The van der Waals surface area contributed by atoms with Gasteiger partial charge in [-0.15, -0.1) is 10.2 Å². The zero-order chi connectivity index (χ0) is 16.0. The van der Waals surface area contributed by atoms with E-state index in [1.807, 2.05) is 6.92 Å². The predicted molar refractivity (Wildman–Crippen MR) is 78.6 cm³/mol. The molecule has 0 aliphatic carbocycles. The molecule has 0 radical (unpaired) electrons. The van der Waals surface area contributed by atoms with Crippen LogP contribution >= 0.6 is 7.60 Å². The molecule has 9 nitrogen and oxygen atoms in total. The fourth-order valence-corrected chi connectivity index (χ4v) is 3.33. The zero-order valence-corrected chi connectivity index (χ0v) is 13.8. The Morgan fingerprint density at radius 1 is 1.27 bits per heavy atom. The van der Waals surface area contributed by atoms with Crippen LogP contribution in [0.3, 0.4) is 0 Å². The van der Waals surface area contributed by atoms with E-state index in [2.05, 4.69) is 20.3 Å². The van der Waals surface area contributed by atoms with Crippen LogP contribution < -0.4 is 0 Å². The number of rotatable bonds is 9. The second kappa shape index (κ2) is 7.73. The molecule has 10 heteroatoms. The van der Waals surface area contributed by atoms with E-state index in [0.717, 1.165) is 0 Å². The van der Waals surface area contributed by atoms with E-state index in [1.54, 1.807) is 24.6 Å². The van der Waals surface area contributed by atoms with Gasteiger partial charge in [-0.25, -0.2) is 4.98 Å². The molecular weight excluding hydrogens is 309 g/mol. The van der Waals surface area contributed by atoms with Gasteiger partial charge in [-0.05, 0) is 20.8 Å². The van der Waals surface area contributed by atoms with Crippen molar-refractivity contribution in [2.75, 3.05) is 19.6 Å². The molecule has 22 heavy (non-hydrogen) atoms. The Labute approximate surface area is 128 Å². The van der Waals surface area contributed by atoms with Gasteiger partial charge in [0.25, 0.3) is 0 Å². The van der Waals surface area contributed by atoms with Crippen molar-refractivity contribution >= 4 is 13.2 Å². The lowest BCUT2D eigenvalue weighted by atomic mass is 10.3. The van der Waals surface area contributed by atoms with E-state index in [0.29, 0.717) is 31.1 Å². The molecule has 122 valence electrons. The maximum atomic E-state index is 12.3. The Balaban J connectivity index is 1.95.